The first-order valence-electron chi connectivity index (χ1n) is 4.67. The first-order chi connectivity index (χ1) is 5.42. The SMILES string of the molecule is C1CCC23O[C@H]2COC[C@@H]3C1. The molecule has 0 aromatic rings. The van der Waals surface area contributed by atoms with E-state index in [-0.39, 0.29) is 0 Å². The van der Waals surface area contributed by atoms with Crippen molar-refractivity contribution in [1.82, 2.24) is 0 Å². The normalized spacial score (nSPS) is 54.5. The van der Waals surface area contributed by atoms with Gasteiger partial charge in [0.05, 0.1) is 13.2 Å². The number of hydrogen-bond acceptors (Lipinski definition) is 2. The molecule has 3 atom stereocenters. The maximum atomic E-state index is 5.74. The van der Waals surface area contributed by atoms with Crippen LogP contribution in [0.15, 0.2) is 0 Å². The predicted octanol–water partition coefficient (Wildman–Crippen LogP) is 1.34. The third-order valence-electron chi connectivity index (χ3n) is 3.50. The van der Waals surface area contributed by atoms with Crippen LogP contribution < -0.4 is 0 Å². The molecule has 2 aliphatic heterocycles. The highest BCUT2D eigenvalue weighted by atomic mass is 16.6. The Morgan fingerprint density at radius 2 is 2.18 bits per heavy atom. The molecule has 1 saturated carbocycles. The first-order valence-corrected chi connectivity index (χ1v) is 4.67. The average molecular weight is 154 g/mol. The summed E-state index contributed by atoms with van der Waals surface area (Å²) in [4.78, 5) is 0. The zero-order valence-corrected chi connectivity index (χ0v) is 6.71. The second kappa shape index (κ2) is 1.99. The minimum absolute atomic E-state index is 0.316. The standard InChI is InChI=1S/C9H14O2/c1-2-4-9-7(3-1)5-10-6-8(9)11-9/h7-8H,1-6H2/t7-,8-,9?/m0/s1. The second-order valence-electron chi connectivity index (χ2n) is 4.04. The minimum atomic E-state index is 0.316. The van der Waals surface area contributed by atoms with E-state index in [9.17, 15) is 0 Å². The number of epoxide rings is 1. The molecular formula is C9H14O2. The van der Waals surface area contributed by atoms with Crippen LogP contribution in [-0.4, -0.2) is 24.9 Å². The van der Waals surface area contributed by atoms with Gasteiger partial charge < -0.3 is 9.47 Å². The zero-order chi connectivity index (χ0) is 7.31. The lowest BCUT2D eigenvalue weighted by molar-refractivity contribution is 0.0308. The molecule has 1 aliphatic carbocycles. The average Bonchev–Trinajstić information content (AvgIpc) is 2.75. The van der Waals surface area contributed by atoms with Gasteiger partial charge in [0.1, 0.15) is 11.7 Å². The second-order valence-corrected chi connectivity index (χ2v) is 4.04. The van der Waals surface area contributed by atoms with Crippen molar-refractivity contribution in [3.63, 3.8) is 0 Å². The topological polar surface area (TPSA) is 21.8 Å². The van der Waals surface area contributed by atoms with Crippen molar-refractivity contribution in [3.05, 3.63) is 0 Å². The van der Waals surface area contributed by atoms with Crippen LogP contribution in [0.25, 0.3) is 0 Å². The summed E-state index contributed by atoms with van der Waals surface area (Å²) in [5, 5.41) is 0. The fourth-order valence-corrected chi connectivity index (χ4v) is 2.77. The molecular weight excluding hydrogens is 140 g/mol. The van der Waals surface area contributed by atoms with E-state index in [1.165, 1.54) is 25.7 Å². The molecule has 3 rings (SSSR count). The van der Waals surface area contributed by atoms with Crippen molar-refractivity contribution in [2.75, 3.05) is 13.2 Å². The largest absolute Gasteiger partial charge is 0.378 e. The molecule has 2 heteroatoms. The highest BCUT2D eigenvalue weighted by Crippen LogP contribution is 2.53. The molecule has 0 bridgehead atoms. The van der Waals surface area contributed by atoms with Gasteiger partial charge in [-0.05, 0) is 12.8 Å². The van der Waals surface area contributed by atoms with Crippen molar-refractivity contribution >= 4 is 0 Å². The molecule has 2 saturated heterocycles. The highest BCUT2D eigenvalue weighted by Gasteiger charge is 2.63. The number of ether oxygens (including phenoxy) is 2. The van der Waals surface area contributed by atoms with Gasteiger partial charge in [-0.25, -0.2) is 0 Å². The van der Waals surface area contributed by atoms with Gasteiger partial charge in [-0.2, -0.15) is 0 Å². The van der Waals surface area contributed by atoms with Crippen molar-refractivity contribution in [2.45, 2.75) is 37.4 Å². The van der Waals surface area contributed by atoms with Crippen LogP contribution in [0.3, 0.4) is 0 Å². The molecule has 2 nitrogen and oxygen atoms in total. The van der Waals surface area contributed by atoms with E-state index < -0.39 is 0 Å². The molecule has 3 aliphatic rings. The highest BCUT2D eigenvalue weighted by molar-refractivity contribution is 5.10. The third-order valence-corrected chi connectivity index (χ3v) is 3.50. The van der Waals surface area contributed by atoms with Gasteiger partial charge in [0.2, 0.25) is 0 Å². The summed E-state index contributed by atoms with van der Waals surface area (Å²) in [6.07, 6.45) is 5.85. The van der Waals surface area contributed by atoms with E-state index in [4.69, 9.17) is 9.47 Å². The van der Waals surface area contributed by atoms with Crippen LogP contribution in [-0.2, 0) is 9.47 Å². The number of hydrogen-bond donors (Lipinski definition) is 0. The Labute approximate surface area is 66.9 Å². The lowest BCUT2D eigenvalue weighted by atomic mass is 9.76. The predicted molar refractivity (Wildman–Crippen MR) is 40.4 cm³/mol. The van der Waals surface area contributed by atoms with Gasteiger partial charge in [0.25, 0.3) is 0 Å². The van der Waals surface area contributed by atoms with Crippen LogP contribution >= 0.6 is 0 Å². The van der Waals surface area contributed by atoms with E-state index >= 15 is 0 Å². The molecule has 62 valence electrons. The van der Waals surface area contributed by atoms with Crippen molar-refractivity contribution in [3.8, 4) is 0 Å². The molecule has 0 aromatic carbocycles. The molecule has 0 amide bonds. The Morgan fingerprint density at radius 3 is 3.09 bits per heavy atom. The zero-order valence-electron chi connectivity index (χ0n) is 6.71. The Bertz CT molecular complexity index is 178. The lowest BCUT2D eigenvalue weighted by Crippen LogP contribution is -2.39. The van der Waals surface area contributed by atoms with Crippen molar-refractivity contribution < 1.29 is 9.47 Å². The van der Waals surface area contributed by atoms with Crippen molar-refractivity contribution in [2.24, 2.45) is 5.92 Å². The summed E-state index contributed by atoms with van der Waals surface area (Å²) < 4.78 is 11.2. The maximum Gasteiger partial charge on any atom is 0.111 e. The molecule has 2 heterocycles. The van der Waals surface area contributed by atoms with Crippen LogP contribution in [0, 0.1) is 5.92 Å². The summed E-state index contributed by atoms with van der Waals surface area (Å²) in [7, 11) is 0. The smallest absolute Gasteiger partial charge is 0.111 e. The lowest BCUT2D eigenvalue weighted by Gasteiger charge is -2.32. The van der Waals surface area contributed by atoms with E-state index in [0.717, 1.165) is 19.1 Å². The van der Waals surface area contributed by atoms with E-state index in [1.54, 1.807) is 0 Å². The molecule has 0 aromatic heterocycles. The van der Waals surface area contributed by atoms with Crippen LogP contribution in [0.4, 0.5) is 0 Å². The monoisotopic (exact) mass is 154 g/mol. The summed E-state index contributed by atoms with van der Waals surface area (Å²) in [5.74, 6) is 0.731. The van der Waals surface area contributed by atoms with Gasteiger partial charge in [0.15, 0.2) is 0 Å². The molecule has 1 spiro atoms. The molecule has 11 heavy (non-hydrogen) atoms. The minimum Gasteiger partial charge on any atom is -0.378 e. The quantitative estimate of drug-likeness (QED) is 0.491. The first kappa shape index (κ1) is 6.44. The Hall–Kier alpha value is -0.0800. The number of rotatable bonds is 0. The molecule has 1 unspecified atom stereocenters. The van der Waals surface area contributed by atoms with Crippen molar-refractivity contribution in [1.29, 1.82) is 0 Å². The van der Waals surface area contributed by atoms with Gasteiger partial charge in [-0.15, -0.1) is 0 Å². The van der Waals surface area contributed by atoms with Crippen LogP contribution in [0.1, 0.15) is 25.7 Å². The fraction of sp³-hybridized carbons (Fsp3) is 1.00. The van der Waals surface area contributed by atoms with Crippen LogP contribution in [0.5, 0.6) is 0 Å². The van der Waals surface area contributed by atoms with E-state index in [1.807, 2.05) is 0 Å². The van der Waals surface area contributed by atoms with E-state index in [0.29, 0.717) is 11.7 Å². The third kappa shape index (κ3) is 0.744. The summed E-state index contributed by atoms with van der Waals surface area (Å²) in [5.41, 5.74) is 0.316. The summed E-state index contributed by atoms with van der Waals surface area (Å²) in [6.45, 7) is 1.81. The van der Waals surface area contributed by atoms with Gasteiger partial charge in [0, 0.05) is 5.92 Å². The van der Waals surface area contributed by atoms with Gasteiger partial charge >= 0.3 is 0 Å². The Morgan fingerprint density at radius 1 is 1.18 bits per heavy atom. The van der Waals surface area contributed by atoms with Gasteiger partial charge in [-0.1, -0.05) is 12.8 Å². The Kier molecular flexibility index (Phi) is 1.16. The summed E-state index contributed by atoms with van der Waals surface area (Å²) >= 11 is 0. The fourth-order valence-electron chi connectivity index (χ4n) is 2.77. The van der Waals surface area contributed by atoms with Gasteiger partial charge in [-0.3, -0.25) is 0 Å². The molecule has 0 radical (unpaired) electrons. The Balaban J connectivity index is 1.84. The molecule has 0 N–H and O–H groups in total. The molecule has 3 fully saturated rings. The van der Waals surface area contributed by atoms with Crippen LogP contribution in [0.2, 0.25) is 0 Å². The van der Waals surface area contributed by atoms with E-state index in [2.05, 4.69) is 0 Å². The maximum absolute atomic E-state index is 5.74. The summed E-state index contributed by atoms with van der Waals surface area (Å²) in [6, 6.07) is 0.